The lowest BCUT2D eigenvalue weighted by Gasteiger charge is -2.33. The maximum Gasteiger partial charge on any atom is 0.259 e. The van der Waals surface area contributed by atoms with Crippen LogP contribution >= 0.6 is 24.0 Å². The molecule has 0 saturated carbocycles. The van der Waals surface area contributed by atoms with Crippen LogP contribution in [0.25, 0.3) is 0 Å². The second kappa shape index (κ2) is 15.3. The van der Waals surface area contributed by atoms with Crippen LogP contribution < -0.4 is 15.4 Å². The summed E-state index contributed by atoms with van der Waals surface area (Å²) in [5, 5.41) is 6.75. The van der Waals surface area contributed by atoms with Gasteiger partial charge in [0.25, 0.3) is 5.91 Å². The number of benzene rings is 1. The van der Waals surface area contributed by atoms with Crippen LogP contribution in [0.3, 0.4) is 0 Å². The molecule has 8 heteroatoms. The number of piperidine rings is 1. The molecule has 1 aliphatic heterocycles. The second-order valence-electron chi connectivity index (χ2n) is 8.08. The van der Waals surface area contributed by atoms with Crippen LogP contribution in [-0.2, 0) is 11.3 Å². The summed E-state index contributed by atoms with van der Waals surface area (Å²) in [4.78, 5) is 20.5. The molecule has 1 unspecified atom stereocenters. The van der Waals surface area contributed by atoms with E-state index < -0.39 is 0 Å². The van der Waals surface area contributed by atoms with Crippen molar-refractivity contribution in [2.45, 2.75) is 52.1 Å². The Kier molecular flexibility index (Phi) is 13.6. The molecule has 1 atom stereocenters. The Hall–Kier alpha value is -1.55. The van der Waals surface area contributed by atoms with Crippen molar-refractivity contribution < 1.29 is 9.53 Å². The molecule has 176 valence electrons. The van der Waals surface area contributed by atoms with Gasteiger partial charge in [-0.2, -0.15) is 0 Å². The summed E-state index contributed by atoms with van der Waals surface area (Å²) in [5.41, 5.74) is 1.05. The number of rotatable bonds is 10. The predicted molar refractivity (Wildman–Crippen MR) is 138 cm³/mol. The first-order valence-corrected chi connectivity index (χ1v) is 11.2. The van der Waals surface area contributed by atoms with Crippen LogP contribution in [0.4, 0.5) is 0 Å². The number of nitrogens with zero attached hydrogens (tertiary/aromatic N) is 3. The topological polar surface area (TPSA) is 69.2 Å². The van der Waals surface area contributed by atoms with Gasteiger partial charge in [-0.3, -0.25) is 4.79 Å². The van der Waals surface area contributed by atoms with Crippen molar-refractivity contribution in [1.29, 1.82) is 0 Å². The molecule has 0 radical (unpaired) electrons. The van der Waals surface area contributed by atoms with Gasteiger partial charge in [-0.15, -0.1) is 24.0 Å². The molecule has 1 amide bonds. The molecule has 1 aliphatic rings. The molecule has 0 bridgehead atoms. The number of likely N-dealkylation sites (tertiary alicyclic amines) is 1. The molecular formula is C23H40IN5O2. The molecule has 7 nitrogen and oxygen atoms in total. The highest BCUT2D eigenvalue weighted by Gasteiger charge is 2.17. The number of ether oxygens (including phenoxy) is 1. The van der Waals surface area contributed by atoms with Gasteiger partial charge >= 0.3 is 0 Å². The second-order valence-corrected chi connectivity index (χ2v) is 8.08. The highest BCUT2D eigenvalue weighted by atomic mass is 127. The van der Waals surface area contributed by atoms with Crippen molar-refractivity contribution in [2.75, 3.05) is 46.9 Å². The number of carbonyl (C=O) groups excluding carboxylic acids is 1. The van der Waals surface area contributed by atoms with Gasteiger partial charge in [0, 0.05) is 39.8 Å². The first kappa shape index (κ1) is 27.5. The fourth-order valence-electron chi connectivity index (χ4n) is 3.50. The highest BCUT2D eigenvalue weighted by molar-refractivity contribution is 14.0. The van der Waals surface area contributed by atoms with Gasteiger partial charge in [0.05, 0.1) is 6.54 Å². The standard InChI is InChI=1S/C23H39N5O2.HI/c1-5-24-23(25-13-9-15-28-14-7-6-10-19(28)2)26-17-20-11-8-12-21(16-20)30-18-22(29)27(3)4;/h8,11-12,16,19H,5-7,9-10,13-15,17-18H2,1-4H3,(H2,24,25,26);1H. The van der Waals surface area contributed by atoms with Gasteiger partial charge < -0.3 is 25.2 Å². The van der Waals surface area contributed by atoms with E-state index in [2.05, 4.69) is 29.4 Å². The summed E-state index contributed by atoms with van der Waals surface area (Å²) in [5.74, 6) is 1.46. The maximum atomic E-state index is 11.7. The number of aliphatic imine (C=N–C) groups is 1. The maximum absolute atomic E-state index is 11.7. The summed E-state index contributed by atoms with van der Waals surface area (Å²) < 4.78 is 5.59. The molecular weight excluding hydrogens is 505 g/mol. The molecule has 1 fully saturated rings. The zero-order valence-electron chi connectivity index (χ0n) is 19.5. The van der Waals surface area contributed by atoms with E-state index in [0.29, 0.717) is 18.3 Å². The number of hydrogen-bond acceptors (Lipinski definition) is 4. The van der Waals surface area contributed by atoms with Crippen LogP contribution in [0.15, 0.2) is 29.3 Å². The number of guanidine groups is 1. The van der Waals surface area contributed by atoms with Crippen LogP contribution in [0.2, 0.25) is 0 Å². The molecule has 2 rings (SSSR count). The van der Waals surface area contributed by atoms with Gasteiger partial charge in [0.15, 0.2) is 12.6 Å². The number of halogens is 1. The summed E-state index contributed by atoms with van der Waals surface area (Å²) in [7, 11) is 3.44. The van der Waals surface area contributed by atoms with E-state index in [1.54, 1.807) is 14.1 Å². The quantitative estimate of drug-likeness (QED) is 0.205. The first-order chi connectivity index (χ1) is 14.5. The SMILES string of the molecule is CCNC(=NCc1cccc(OCC(=O)N(C)C)c1)NCCCN1CCCCC1C.I. The molecule has 1 heterocycles. The molecule has 0 spiro atoms. The van der Waals surface area contributed by atoms with E-state index in [9.17, 15) is 4.79 Å². The third-order valence-corrected chi connectivity index (χ3v) is 5.38. The molecule has 1 aromatic rings. The lowest BCUT2D eigenvalue weighted by Crippen LogP contribution is -2.41. The molecule has 2 N–H and O–H groups in total. The van der Waals surface area contributed by atoms with Crippen molar-refractivity contribution >= 4 is 35.8 Å². The van der Waals surface area contributed by atoms with E-state index in [0.717, 1.165) is 37.6 Å². The van der Waals surface area contributed by atoms with E-state index in [4.69, 9.17) is 9.73 Å². The van der Waals surface area contributed by atoms with Crippen LogP contribution in [-0.4, -0.2) is 74.6 Å². The number of carbonyl (C=O) groups is 1. The highest BCUT2D eigenvalue weighted by Crippen LogP contribution is 2.16. The third kappa shape index (κ3) is 10.5. The minimum absolute atomic E-state index is 0. The summed E-state index contributed by atoms with van der Waals surface area (Å²) >= 11 is 0. The summed E-state index contributed by atoms with van der Waals surface area (Å²) in [6, 6.07) is 8.46. The van der Waals surface area contributed by atoms with Gasteiger partial charge in [0.2, 0.25) is 0 Å². The Bertz CT molecular complexity index is 684. The van der Waals surface area contributed by atoms with Crippen LogP contribution in [0.1, 0.15) is 45.1 Å². The minimum Gasteiger partial charge on any atom is -0.484 e. The van der Waals surface area contributed by atoms with Gasteiger partial charge in [0.1, 0.15) is 5.75 Å². The van der Waals surface area contributed by atoms with Crippen molar-refractivity contribution in [1.82, 2.24) is 20.4 Å². The van der Waals surface area contributed by atoms with Crippen molar-refractivity contribution in [3.63, 3.8) is 0 Å². The average molecular weight is 546 g/mol. The van der Waals surface area contributed by atoms with E-state index in [1.165, 1.54) is 30.7 Å². The monoisotopic (exact) mass is 545 g/mol. The smallest absolute Gasteiger partial charge is 0.259 e. The van der Waals surface area contributed by atoms with Crippen molar-refractivity contribution in [3.8, 4) is 5.75 Å². The van der Waals surface area contributed by atoms with E-state index in [1.807, 2.05) is 24.3 Å². The summed E-state index contributed by atoms with van der Waals surface area (Å²) in [6.45, 7) is 9.11. The zero-order chi connectivity index (χ0) is 21.8. The molecule has 31 heavy (non-hydrogen) atoms. The summed E-state index contributed by atoms with van der Waals surface area (Å²) in [6.07, 6.45) is 5.13. The first-order valence-electron chi connectivity index (χ1n) is 11.2. The van der Waals surface area contributed by atoms with Gasteiger partial charge in [-0.05, 0) is 57.4 Å². The predicted octanol–water partition coefficient (Wildman–Crippen LogP) is 3.09. The van der Waals surface area contributed by atoms with Crippen LogP contribution in [0.5, 0.6) is 5.75 Å². The number of likely N-dealkylation sites (N-methyl/N-ethyl adjacent to an activating group) is 1. The normalized spacial score (nSPS) is 16.9. The molecule has 0 aromatic heterocycles. The fraction of sp³-hybridized carbons (Fsp3) is 0.652. The Labute approximate surface area is 205 Å². The third-order valence-electron chi connectivity index (χ3n) is 5.38. The molecule has 0 aliphatic carbocycles. The van der Waals surface area contributed by atoms with E-state index in [-0.39, 0.29) is 36.5 Å². The van der Waals surface area contributed by atoms with Gasteiger partial charge in [-0.1, -0.05) is 18.6 Å². The van der Waals surface area contributed by atoms with Crippen LogP contribution in [0, 0.1) is 0 Å². The lowest BCUT2D eigenvalue weighted by atomic mass is 10.0. The van der Waals surface area contributed by atoms with E-state index >= 15 is 0 Å². The fourth-order valence-corrected chi connectivity index (χ4v) is 3.50. The Morgan fingerprint density at radius 3 is 2.81 bits per heavy atom. The number of nitrogens with one attached hydrogen (secondary N) is 2. The molecule has 1 aromatic carbocycles. The molecule has 1 saturated heterocycles. The number of hydrogen-bond donors (Lipinski definition) is 2. The Balaban J connectivity index is 0.00000480. The van der Waals surface area contributed by atoms with Crippen molar-refractivity contribution in [2.24, 2.45) is 4.99 Å². The lowest BCUT2D eigenvalue weighted by molar-refractivity contribution is -0.130. The average Bonchev–Trinajstić information content (AvgIpc) is 2.74. The minimum atomic E-state index is -0.0593. The Morgan fingerprint density at radius 1 is 1.29 bits per heavy atom. The van der Waals surface area contributed by atoms with Gasteiger partial charge in [-0.25, -0.2) is 4.99 Å². The van der Waals surface area contributed by atoms with Crippen molar-refractivity contribution in [3.05, 3.63) is 29.8 Å². The zero-order valence-corrected chi connectivity index (χ0v) is 21.9. The largest absolute Gasteiger partial charge is 0.484 e. The number of amides is 1. The Morgan fingerprint density at radius 2 is 2.10 bits per heavy atom.